The third-order valence-electron chi connectivity index (χ3n) is 9.80. The Morgan fingerprint density at radius 3 is 1.49 bits per heavy atom. The molecule has 0 aromatic heterocycles. The van der Waals surface area contributed by atoms with Crippen LogP contribution in [0, 0.1) is 0 Å². The highest BCUT2D eigenvalue weighted by atomic mass is 31.2. The Labute approximate surface area is 312 Å². The second-order valence-electron chi connectivity index (χ2n) is 12.9. The van der Waals surface area contributed by atoms with Gasteiger partial charge in [-0.3, -0.25) is 9.24 Å². The van der Waals surface area contributed by atoms with Gasteiger partial charge in [-0.05, 0) is 65.7 Å². The third kappa shape index (κ3) is 5.80. The van der Waals surface area contributed by atoms with E-state index >= 15 is 0 Å². The van der Waals surface area contributed by atoms with Gasteiger partial charge in [0.1, 0.15) is 0 Å². The average molecular weight is 719 g/mol. The molecule has 0 aliphatic carbocycles. The van der Waals surface area contributed by atoms with Crippen molar-refractivity contribution >= 4 is 59.3 Å². The van der Waals surface area contributed by atoms with E-state index in [1.54, 1.807) is 0 Å². The molecule has 2 unspecified atom stereocenters. The topological polar surface area (TPSA) is 23.6 Å². The molecule has 0 saturated carbocycles. The highest BCUT2D eigenvalue weighted by Crippen LogP contribution is 2.61. The molecule has 5 heteroatoms. The summed E-state index contributed by atoms with van der Waals surface area (Å²) >= 11 is 0. The lowest BCUT2D eigenvalue weighted by molar-refractivity contribution is 0.587. The van der Waals surface area contributed by atoms with Crippen LogP contribution in [0.5, 0.6) is 0 Å². The zero-order valence-electron chi connectivity index (χ0n) is 29.0. The van der Waals surface area contributed by atoms with E-state index in [4.69, 9.17) is 0 Å². The van der Waals surface area contributed by atoms with Gasteiger partial charge in [0.25, 0.3) is 0 Å². The van der Waals surface area contributed by atoms with Crippen molar-refractivity contribution in [3.8, 4) is 22.3 Å². The molecule has 0 saturated heterocycles. The molecule has 3 nitrogen and oxygen atoms in total. The van der Waals surface area contributed by atoms with Crippen LogP contribution >= 0.6 is 15.4 Å². The number of anilines is 4. The maximum Gasteiger partial charge on any atom is 0.234 e. The Kier molecular flexibility index (Phi) is 8.82. The van der Waals surface area contributed by atoms with E-state index in [1.165, 1.54) is 33.1 Å². The lowest BCUT2D eigenvalue weighted by Gasteiger charge is -2.40. The Bertz CT molecular complexity index is 2470. The van der Waals surface area contributed by atoms with Crippen molar-refractivity contribution < 1.29 is 4.57 Å². The summed E-state index contributed by atoms with van der Waals surface area (Å²) in [6.45, 7) is 0. The fourth-order valence-electron chi connectivity index (χ4n) is 7.50. The molecule has 2 heterocycles. The lowest BCUT2D eigenvalue weighted by atomic mass is 10.0. The summed E-state index contributed by atoms with van der Waals surface area (Å²) in [4.78, 5) is 0. The quantitative estimate of drug-likeness (QED) is 0.169. The molecular weight excluding hydrogens is 682 g/mol. The summed E-state index contributed by atoms with van der Waals surface area (Å²) in [5, 5.41) is 4.51. The standard InChI is InChI=1S/C24H18NOP.C24H18NP/c26-27(20-13-5-2-6-14-20)24-18-10-8-16-22(24)21-15-7-9-17-23(21)25(27)19-11-3-1-4-12-19;1-3-11-19(12-4-1)25-23-17-9-7-15-21(23)22-16-8-10-18-24(22)26(25)20-13-5-2-6-14-20/h1-18H;1-18H. The first kappa shape index (κ1) is 32.9. The molecule has 2 atom stereocenters. The molecule has 2 aliphatic heterocycles. The Morgan fingerprint density at radius 1 is 0.377 bits per heavy atom. The maximum absolute atomic E-state index is 14.9. The van der Waals surface area contributed by atoms with Gasteiger partial charge >= 0.3 is 0 Å². The number of para-hydroxylation sites is 4. The molecule has 2 aliphatic rings. The highest BCUT2D eigenvalue weighted by Gasteiger charge is 2.42. The predicted molar refractivity (Wildman–Crippen MR) is 227 cm³/mol. The number of nitrogens with zero attached hydrogens (tertiary/aromatic N) is 2. The zero-order valence-corrected chi connectivity index (χ0v) is 30.8. The first-order valence-electron chi connectivity index (χ1n) is 17.8. The van der Waals surface area contributed by atoms with Gasteiger partial charge in [-0.25, -0.2) is 0 Å². The minimum Gasteiger partial charge on any atom is -0.311 e. The van der Waals surface area contributed by atoms with Crippen LogP contribution in [0.4, 0.5) is 22.7 Å². The number of fused-ring (bicyclic) bond motifs is 6. The minimum absolute atomic E-state index is 0.676. The van der Waals surface area contributed by atoms with Crippen LogP contribution in [0.1, 0.15) is 0 Å². The van der Waals surface area contributed by atoms with Gasteiger partial charge in [0, 0.05) is 43.7 Å². The van der Waals surface area contributed by atoms with E-state index in [2.05, 4.69) is 132 Å². The lowest BCUT2D eigenvalue weighted by Crippen LogP contribution is -2.33. The van der Waals surface area contributed by atoms with Crippen molar-refractivity contribution in [3.05, 3.63) is 218 Å². The fraction of sp³-hybridized carbons (Fsp3) is 0. The van der Waals surface area contributed by atoms with Crippen LogP contribution < -0.4 is 30.6 Å². The molecule has 0 fully saturated rings. The molecule has 0 bridgehead atoms. The Hall–Kier alpha value is -5.98. The molecule has 0 radical (unpaired) electrons. The molecule has 53 heavy (non-hydrogen) atoms. The van der Waals surface area contributed by atoms with Gasteiger partial charge in [-0.1, -0.05) is 164 Å². The van der Waals surface area contributed by atoms with Crippen LogP contribution in [0.15, 0.2) is 218 Å². The zero-order chi connectivity index (χ0) is 35.6. The first-order valence-corrected chi connectivity index (χ1v) is 20.8. The largest absolute Gasteiger partial charge is 0.311 e. The minimum atomic E-state index is -3.09. The molecular formula is C48H36N2OP2. The van der Waals surface area contributed by atoms with E-state index in [0.717, 1.165) is 33.1 Å². The summed E-state index contributed by atoms with van der Waals surface area (Å²) in [5.74, 6) is 0. The van der Waals surface area contributed by atoms with Gasteiger partial charge in [-0.2, -0.15) is 0 Å². The van der Waals surface area contributed by atoms with E-state index in [0.29, 0.717) is 0 Å². The summed E-state index contributed by atoms with van der Waals surface area (Å²) < 4.78 is 19.4. The van der Waals surface area contributed by atoms with E-state index < -0.39 is 15.4 Å². The maximum atomic E-state index is 14.9. The smallest absolute Gasteiger partial charge is 0.234 e. The summed E-state index contributed by atoms with van der Waals surface area (Å²) in [6.07, 6.45) is 0. The van der Waals surface area contributed by atoms with E-state index in [1.807, 2.05) is 95.7 Å². The number of benzene rings is 8. The molecule has 254 valence electrons. The van der Waals surface area contributed by atoms with Crippen LogP contribution in [0.3, 0.4) is 0 Å². The summed E-state index contributed by atoms with van der Waals surface area (Å²) in [6, 6.07) is 75.4. The van der Waals surface area contributed by atoms with Crippen LogP contribution in [-0.2, 0) is 4.57 Å². The highest BCUT2D eigenvalue weighted by molar-refractivity contribution is 7.81. The van der Waals surface area contributed by atoms with Gasteiger partial charge in [-0.15, -0.1) is 0 Å². The van der Waals surface area contributed by atoms with Crippen molar-refractivity contribution in [2.24, 2.45) is 0 Å². The summed E-state index contributed by atoms with van der Waals surface area (Å²) in [7, 11) is -3.76. The van der Waals surface area contributed by atoms with Gasteiger partial charge in [0.2, 0.25) is 7.29 Å². The fourth-order valence-corrected chi connectivity index (χ4v) is 13.1. The van der Waals surface area contributed by atoms with Crippen molar-refractivity contribution in [1.29, 1.82) is 0 Å². The molecule has 10 rings (SSSR count). The normalized spacial score (nSPS) is 16.6. The average Bonchev–Trinajstić information content (AvgIpc) is 3.25. The first-order chi connectivity index (χ1) is 26.2. The number of hydrogen-bond acceptors (Lipinski definition) is 2. The third-order valence-corrected chi connectivity index (χ3v) is 15.3. The van der Waals surface area contributed by atoms with Gasteiger partial charge < -0.3 is 4.67 Å². The van der Waals surface area contributed by atoms with Crippen molar-refractivity contribution in [1.82, 2.24) is 0 Å². The Morgan fingerprint density at radius 2 is 0.830 bits per heavy atom. The predicted octanol–water partition coefficient (Wildman–Crippen LogP) is 11.6. The van der Waals surface area contributed by atoms with E-state index in [9.17, 15) is 4.57 Å². The summed E-state index contributed by atoms with van der Waals surface area (Å²) in [5.41, 5.74) is 9.26. The van der Waals surface area contributed by atoms with Crippen molar-refractivity contribution in [3.63, 3.8) is 0 Å². The second-order valence-corrected chi connectivity index (χ2v) is 17.5. The van der Waals surface area contributed by atoms with Crippen molar-refractivity contribution in [2.45, 2.75) is 0 Å². The second kappa shape index (κ2) is 14.2. The monoisotopic (exact) mass is 718 g/mol. The number of rotatable bonds is 4. The number of hydrogen-bond donors (Lipinski definition) is 0. The van der Waals surface area contributed by atoms with Crippen LogP contribution in [-0.4, -0.2) is 0 Å². The van der Waals surface area contributed by atoms with Gasteiger partial charge in [0.05, 0.1) is 19.4 Å². The molecule has 8 aromatic rings. The SMILES string of the molecule is O=P1(c2ccccc2)c2ccccc2-c2ccccc2N1c1ccccc1.c1ccc(N2c3ccccc3-c3ccccc3P2c2ccccc2)cc1. The van der Waals surface area contributed by atoms with Gasteiger partial charge in [0.15, 0.2) is 0 Å². The molecule has 0 spiro atoms. The van der Waals surface area contributed by atoms with Crippen LogP contribution in [0.2, 0.25) is 0 Å². The van der Waals surface area contributed by atoms with Crippen molar-refractivity contribution in [2.75, 3.05) is 9.34 Å². The molecule has 8 aromatic carbocycles. The molecule has 0 amide bonds. The van der Waals surface area contributed by atoms with E-state index in [-0.39, 0.29) is 0 Å². The molecule has 0 N–H and O–H groups in total. The van der Waals surface area contributed by atoms with Crippen LogP contribution in [0.25, 0.3) is 22.3 Å². The Balaban J connectivity index is 0.000000141.